The topological polar surface area (TPSA) is 79.2 Å². The molecule has 138 valence electrons. The van der Waals surface area contributed by atoms with Gasteiger partial charge in [-0.05, 0) is 42.4 Å². The van der Waals surface area contributed by atoms with Gasteiger partial charge >= 0.3 is 0 Å². The lowest BCUT2D eigenvalue weighted by Crippen LogP contribution is -2.37. The molecule has 0 saturated carbocycles. The normalized spacial score (nSPS) is 20.8. The molecular formula is C20H23NO5. The van der Waals surface area contributed by atoms with Crippen molar-refractivity contribution in [2.75, 3.05) is 21.3 Å². The molecular weight excluding hydrogens is 334 g/mol. The van der Waals surface area contributed by atoms with Crippen LogP contribution in [0.5, 0.6) is 23.0 Å². The molecule has 0 amide bonds. The van der Waals surface area contributed by atoms with Gasteiger partial charge in [0.1, 0.15) is 5.78 Å². The molecule has 0 bridgehead atoms. The van der Waals surface area contributed by atoms with Crippen LogP contribution in [0.1, 0.15) is 36.1 Å². The number of hydrogen-bond acceptors (Lipinski definition) is 6. The fourth-order valence-electron chi connectivity index (χ4n) is 3.53. The van der Waals surface area contributed by atoms with Crippen molar-refractivity contribution in [3.05, 3.63) is 47.5 Å². The zero-order chi connectivity index (χ0) is 18.8. The Labute approximate surface area is 152 Å². The van der Waals surface area contributed by atoms with E-state index in [1.807, 2.05) is 19.2 Å². The Balaban J connectivity index is 1.96. The predicted molar refractivity (Wildman–Crippen MR) is 96.8 cm³/mol. The van der Waals surface area contributed by atoms with E-state index >= 15 is 0 Å². The second-order valence-corrected chi connectivity index (χ2v) is 6.51. The van der Waals surface area contributed by atoms with Gasteiger partial charge in [0, 0.05) is 24.9 Å². The molecule has 1 saturated heterocycles. The Hall–Kier alpha value is -2.73. The van der Waals surface area contributed by atoms with Gasteiger partial charge < -0.3 is 19.7 Å². The molecule has 2 unspecified atom stereocenters. The van der Waals surface area contributed by atoms with E-state index in [9.17, 15) is 15.0 Å². The summed E-state index contributed by atoms with van der Waals surface area (Å²) in [4.78, 5) is 14.6. The van der Waals surface area contributed by atoms with E-state index < -0.39 is 0 Å². The Morgan fingerprint density at radius 3 is 1.69 bits per heavy atom. The summed E-state index contributed by atoms with van der Waals surface area (Å²) in [6, 6.07) is 10.1. The van der Waals surface area contributed by atoms with Crippen LogP contribution in [0.25, 0.3) is 0 Å². The number of phenolic OH excluding ortho intramolecular Hbond substituents is 2. The lowest BCUT2D eigenvalue weighted by molar-refractivity contribution is -0.125. The van der Waals surface area contributed by atoms with Crippen LogP contribution >= 0.6 is 0 Å². The average Bonchev–Trinajstić information content (AvgIpc) is 2.64. The van der Waals surface area contributed by atoms with Gasteiger partial charge in [-0.15, -0.1) is 0 Å². The van der Waals surface area contributed by atoms with Crippen molar-refractivity contribution in [1.29, 1.82) is 0 Å². The summed E-state index contributed by atoms with van der Waals surface area (Å²) in [6.07, 6.45) is 0.798. The number of Topliss-reactive ketones (excluding diaryl/α,β-unsaturated/α-hetero) is 1. The zero-order valence-electron chi connectivity index (χ0n) is 15.1. The second-order valence-electron chi connectivity index (χ2n) is 6.51. The minimum Gasteiger partial charge on any atom is -0.504 e. The molecule has 2 aromatic rings. The number of benzene rings is 2. The van der Waals surface area contributed by atoms with Gasteiger partial charge in [0.2, 0.25) is 0 Å². The molecule has 6 heteroatoms. The van der Waals surface area contributed by atoms with Crippen LogP contribution in [0, 0.1) is 0 Å². The SMILES string of the molecule is COc1cc(C2CC(=O)CC(c3ccc(O)c(OC)c3)N2C)ccc1O. The summed E-state index contributed by atoms with van der Waals surface area (Å²) in [5.74, 6) is 1.08. The summed E-state index contributed by atoms with van der Waals surface area (Å²) in [5.41, 5.74) is 1.82. The van der Waals surface area contributed by atoms with Gasteiger partial charge in [-0.25, -0.2) is 0 Å². The number of methoxy groups -OCH3 is 2. The standard InChI is InChI=1S/C20H23NO5/c1-21-15(12-4-6-17(23)19(8-12)25-2)10-14(22)11-16(21)13-5-7-18(24)20(9-13)26-3/h4-9,15-16,23-24H,10-11H2,1-3H3. The number of aromatic hydroxyl groups is 2. The van der Waals surface area contributed by atoms with Crippen LogP contribution < -0.4 is 9.47 Å². The number of carbonyl (C=O) groups excluding carboxylic acids is 1. The maximum Gasteiger partial charge on any atom is 0.160 e. The second kappa shape index (κ2) is 7.25. The summed E-state index contributed by atoms with van der Waals surface area (Å²) in [7, 11) is 4.97. The predicted octanol–water partition coefficient (Wildman–Crippen LogP) is 3.19. The van der Waals surface area contributed by atoms with Crippen molar-refractivity contribution < 1.29 is 24.5 Å². The minimum absolute atomic E-state index is 0.0702. The van der Waals surface area contributed by atoms with E-state index in [0.29, 0.717) is 24.3 Å². The molecule has 0 aromatic heterocycles. The van der Waals surface area contributed by atoms with Gasteiger partial charge in [-0.3, -0.25) is 9.69 Å². The highest BCUT2D eigenvalue weighted by Gasteiger charge is 2.34. The first-order chi connectivity index (χ1) is 12.4. The molecule has 1 aliphatic rings. The van der Waals surface area contributed by atoms with Crippen molar-refractivity contribution >= 4 is 5.78 Å². The Bertz CT molecular complexity index is 754. The Morgan fingerprint density at radius 2 is 1.31 bits per heavy atom. The molecule has 1 aliphatic heterocycles. The third-order valence-electron chi connectivity index (χ3n) is 5.00. The van der Waals surface area contributed by atoms with Crippen molar-refractivity contribution in [3.8, 4) is 23.0 Å². The molecule has 26 heavy (non-hydrogen) atoms. The lowest BCUT2D eigenvalue weighted by atomic mass is 9.87. The number of carbonyl (C=O) groups is 1. The quantitative estimate of drug-likeness (QED) is 0.875. The van der Waals surface area contributed by atoms with Crippen molar-refractivity contribution in [2.45, 2.75) is 24.9 Å². The van der Waals surface area contributed by atoms with Crippen molar-refractivity contribution in [1.82, 2.24) is 4.90 Å². The minimum atomic E-state index is -0.129. The number of hydrogen-bond donors (Lipinski definition) is 2. The van der Waals surface area contributed by atoms with E-state index in [2.05, 4.69) is 4.90 Å². The van der Waals surface area contributed by atoms with Gasteiger partial charge in [0.15, 0.2) is 23.0 Å². The zero-order valence-corrected chi connectivity index (χ0v) is 15.1. The van der Waals surface area contributed by atoms with Crippen LogP contribution in [-0.2, 0) is 4.79 Å². The highest BCUT2D eigenvalue weighted by atomic mass is 16.5. The first-order valence-corrected chi connectivity index (χ1v) is 8.42. The summed E-state index contributed by atoms with van der Waals surface area (Å²) in [5, 5.41) is 19.6. The maximum absolute atomic E-state index is 12.4. The summed E-state index contributed by atoms with van der Waals surface area (Å²) < 4.78 is 10.4. The molecule has 0 aliphatic carbocycles. The number of likely N-dealkylation sites (tertiary alicyclic amines) is 1. The molecule has 1 heterocycles. The maximum atomic E-state index is 12.4. The molecule has 0 radical (unpaired) electrons. The van der Waals surface area contributed by atoms with Gasteiger partial charge in [0.25, 0.3) is 0 Å². The third-order valence-corrected chi connectivity index (χ3v) is 5.00. The molecule has 3 rings (SSSR count). The van der Waals surface area contributed by atoms with E-state index in [-0.39, 0.29) is 29.4 Å². The van der Waals surface area contributed by atoms with E-state index in [4.69, 9.17) is 9.47 Å². The van der Waals surface area contributed by atoms with E-state index in [0.717, 1.165) is 11.1 Å². The highest BCUT2D eigenvalue weighted by Crippen LogP contribution is 2.42. The molecule has 0 spiro atoms. The molecule has 2 aromatic carbocycles. The number of piperidine rings is 1. The summed E-state index contributed by atoms with van der Waals surface area (Å²) >= 11 is 0. The van der Waals surface area contributed by atoms with Crippen LogP contribution in [0.3, 0.4) is 0 Å². The van der Waals surface area contributed by atoms with Gasteiger partial charge in [0.05, 0.1) is 14.2 Å². The monoisotopic (exact) mass is 357 g/mol. The van der Waals surface area contributed by atoms with Crippen molar-refractivity contribution in [2.24, 2.45) is 0 Å². The Morgan fingerprint density at radius 1 is 0.885 bits per heavy atom. The smallest absolute Gasteiger partial charge is 0.160 e. The van der Waals surface area contributed by atoms with Crippen LogP contribution in [0.2, 0.25) is 0 Å². The molecule has 1 fully saturated rings. The largest absolute Gasteiger partial charge is 0.504 e. The number of phenols is 2. The van der Waals surface area contributed by atoms with Gasteiger partial charge in [-0.1, -0.05) is 12.1 Å². The number of ether oxygens (including phenoxy) is 2. The Kier molecular flexibility index (Phi) is 5.04. The van der Waals surface area contributed by atoms with Crippen molar-refractivity contribution in [3.63, 3.8) is 0 Å². The van der Waals surface area contributed by atoms with Gasteiger partial charge in [-0.2, -0.15) is 0 Å². The highest BCUT2D eigenvalue weighted by molar-refractivity contribution is 5.81. The molecule has 2 atom stereocenters. The summed E-state index contributed by atoms with van der Waals surface area (Å²) in [6.45, 7) is 0. The van der Waals surface area contributed by atoms with E-state index in [1.54, 1.807) is 24.3 Å². The average molecular weight is 357 g/mol. The molecule has 6 nitrogen and oxygen atoms in total. The third kappa shape index (κ3) is 3.32. The van der Waals surface area contributed by atoms with E-state index in [1.165, 1.54) is 14.2 Å². The number of rotatable bonds is 4. The van der Waals surface area contributed by atoms with Crippen LogP contribution in [-0.4, -0.2) is 42.2 Å². The van der Waals surface area contributed by atoms with Crippen LogP contribution in [0.4, 0.5) is 0 Å². The fourth-order valence-corrected chi connectivity index (χ4v) is 3.53. The van der Waals surface area contributed by atoms with Crippen LogP contribution in [0.15, 0.2) is 36.4 Å². The lowest BCUT2D eigenvalue weighted by Gasteiger charge is -2.39. The first kappa shape index (κ1) is 18.1. The first-order valence-electron chi connectivity index (χ1n) is 8.42. The number of ketones is 1. The molecule has 2 N–H and O–H groups in total. The number of nitrogens with zero attached hydrogens (tertiary/aromatic N) is 1. The fraction of sp³-hybridized carbons (Fsp3) is 0.350.